The summed E-state index contributed by atoms with van der Waals surface area (Å²) in [7, 11) is 0. The molecule has 0 aromatic carbocycles. The van der Waals surface area contributed by atoms with Crippen LogP contribution in [0.15, 0.2) is 0 Å². The molecule has 1 heterocycles. The predicted octanol–water partition coefficient (Wildman–Crippen LogP) is 1.12. The Morgan fingerprint density at radius 2 is 2.13 bits per heavy atom. The zero-order valence-corrected chi connectivity index (χ0v) is 9.21. The van der Waals surface area contributed by atoms with E-state index < -0.39 is 0 Å². The first kappa shape index (κ1) is 9.62. The monoisotopic (exact) mass is 205 g/mol. The third-order valence-electron chi connectivity index (χ3n) is 4.00. The van der Waals surface area contributed by atoms with E-state index in [2.05, 4.69) is 16.3 Å². The highest BCUT2D eigenvalue weighted by Gasteiger charge is 2.43. The van der Waals surface area contributed by atoms with E-state index in [4.69, 9.17) is 0 Å². The van der Waals surface area contributed by atoms with E-state index in [0.29, 0.717) is 0 Å². The van der Waals surface area contributed by atoms with Crippen LogP contribution in [0.4, 0.5) is 0 Å². The van der Waals surface area contributed by atoms with Crippen LogP contribution in [-0.2, 0) is 0 Å². The van der Waals surface area contributed by atoms with E-state index in [1.807, 2.05) is 0 Å². The molecule has 0 bridgehead atoms. The summed E-state index contributed by atoms with van der Waals surface area (Å²) in [6.45, 7) is 3.14. The smallest absolute Gasteiger partial charge is 0.120 e. The van der Waals surface area contributed by atoms with Gasteiger partial charge in [-0.15, -0.1) is 0 Å². The van der Waals surface area contributed by atoms with Gasteiger partial charge in [-0.3, -0.25) is 10.2 Å². The molecule has 0 spiro atoms. The van der Waals surface area contributed by atoms with Crippen molar-refractivity contribution in [1.29, 1.82) is 5.26 Å². The van der Waals surface area contributed by atoms with Gasteiger partial charge in [0.1, 0.15) is 5.54 Å². The Morgan fingerprint density at radius 1 is 1.33 bits per heavy atom. The minimum atomic E-state index is -0.217. The first-order valence-electron chi connectivity index (χ1n) is 6.22. The molecule has 2 aliphatic carbocycles. The summed E-state index contributed by atoms with van der Waals surface area (Å²) in [4.78, 5) is 2.50. The average molecular weight is 205 g/mol. The van der Waals surface area contributed by atoms with Crippen molar-refractivity contribution in [2.75, 3.05) is 19.6 Å². The van der Waals surface area contributed by atoms with Gasteiger partial charge in [0.15, 0.2) is 0 Å². The van der Waals surface area contributed by atoms with Gasteiger partial charge in [-0.1, -0.05) is 0 Å². The largest absolute Gasteiger partial charge is 0.298 e. The Hall–Kier alpha value is -0.590. The molecule has 1 unspecified atom stereocenters. The van der Waals surface area contributed by atoms with Gasteiger partial charge in [0.2, 0.25) is 0 Å². The lowest BCUT2D eigenvalue weighted by molar-refractivity contribution is 0.300. The van der Waals surface area contributed by atoms with Gasteiger partial charge in [0.25, 0.3) is 0 Å². The first-order valence-corrected chi connectivity index (χ1v) is 6.22. The Labute approximate surface area is 91.4 Å². The third kappa shape index (κ3) is 2.02. The van der Waals surface area contributed by atoms with Crippen LogP contribution in [0.1, 0.15) is 32.1 Å². The molecule has 3 nitrogen and oxygen atoms in total. The zero-order chi connectivity index (χ0) is 10.3. The molecular weight excluding hydrogens is 186 g/mol. The topological polar surface area (TPSA) is 39.1 Å². The van der Waals surface area contributed by atoms with Crippen LogP contribution >= 0.6 is 0 Å². The number of hydrogen-bond acceptors (Lipinski definition) is 3. The molecule has 3 rings (SSSR count). The third-order valence-corrected chi connectivity index (χ3v) is 4.00. The Balaban J connectivity index is 1.57. The molecule has 3 aliphatic rings. The maximum atomic E-state index is 9.33. The lowest BCUT2D eigenvalue weighted by atomic mass is 10.0. The van der Waals surface area contributed by atoms with Gasteiger partial charge in [0, 0.05) is 19.1 Å². The fraction of sp³-hybridized carbons (Fsp3) is 0.917. The highest BCUT2D eigenvalue weighted by atomic mass is 15.2. The number of nitriles is 1. The summed E-state index contributed by atoms with van der Waals surface area (Å²) in [5.74, 6) is 0.866. The first-order chi connectivity index (χ1) is 7.31. The van der Waals surface area contributed by atoms with E-state index >= 15 is 0 Å². The Bertz CT molecular complexity index is 288. The molecule has 0 aromatic rings. The van der Waals surface area contributed by atoms with Crippen molar-refractivity contribution in [2.45, 2.75) is 43.7 Å². The molecule has 1 aliphatic heterocycles. The van der Waals surface area contributed by atoms with Crippen molar-refractivity contribution in [3.8, 4) is 6.07 Å². The fourth-order valence-electron chi connectivity index (χ4n) is 2.53. The van der Waals surface area contributed by atoms with E-state index in [1.165, 1.54) is 25.7 Å². The van der Waals surface area contributed by atoms with Crippen LogP contribution in [-0.4, -0.2) is 36.1 Å². The van der Waals surface area contributed by atoms with Crippen molar-refractivity contribution in [3.63, 3.8) is 0 Å². The van der Waals surface area contributed by atoms with Crippen molar-refractivity contribution in [2.24, 2.45) is 5.92 Å². The van der Waals surface area contributed by atoms with Gasteiger partial charge in [-0.05, 0) is 44.6 Å². The van der Waals surface area contributed by atoms with Gasteiger partial charge in [-0.25, -0.2) is 0 Å². The van der Waals surface area contributed by atoms with Crippen LogP contribution in [0, 0.1) is 17.2 Å². The minimum absolute atomic E-state index is 0.217. The average Bonchev–Trinajstić information content (AvgIpc) is 3.15. The second-order valence-electron chi connectivity index (χ2n) is 5.47. The molecule has 0 aromatic heterocycles. The quantitative estimate of drug-likeness (QED) is 0.747. The minimum Gasteiger partial charge on any atom is -0.298 e. The molecule has 2 saturated carbocycles. The van der Waals surface area contributed by atoms with Crippen LogP contribution < -0.4 is 5.32 Å². The maximum Gasteiger partial charge on any atom is 0.120 e. The van der Waals surface area contributed by atoms with Gasteiger partial charge in [0.05, 0.1) is 6.07 Å². The highest BCUT2D eigenvalue weighted by molar-refractivity contribution is 5.14. The summed E-state index contributed by atoms with van der Waals surface area (Å²) in [6.07, 6.45) is 6.45. The van der Waals surface area contributed by atoms with Crippen LogP contribution in [0.25, 0.3) is 0 Å². The van der Waals surface area contributed by atoms with Crippen LogP contribution in [0.2, 0.25) is 0 Å². The van der Waals surface area contributed by atoms with Gasteiger partial charge in [-0.2, -0.15) is 5.26 Å². The number of nitrogens with zero attached hydrogens (tertiary/aromatic N) is 2. The number of likely N-dealkylation sites (tertiary alicyclic amines) is 1. The summed E-state index contributed by atoms with van der Waals surface area (Å²) < 4.78 is 0. The van der Waals surface area contributed by atoms with E-state index in [-0.39, 0.29) is 5.54 Å². The maximum absolute atomic E-state index is 9.33. The van der Waals surface area contributed by atoms with Crippen LogP contribution in [0.3, 0.4) is 0 Å². The summed E-state index contributed by atoms with van der Waals surface area (Å²) in [6, 6.07) is 3.33. The summed E-state index contributed by atoms with van der Waals surface area (Å²) in [5.41, 5.74) is -0.217. The second-order valence-corrected chi connectivity index (χ2v) is 5.47. The van der Waals surface area contributed by atoms with Gasteiger partial charge < -0.3 is 0 Å². The van der Waals surface area contributed by atoms with Crippen molar-refractivity contribution >= 4 is 0 Å². The SMILES string of the molecule is N#CC1(NCC2CC2)CCN(C2CC2)C1. The van der Waals surface area contributed by atoms with E-state index in [0.717, 1.165) is 38.0 Å². The molecule has 0 radical (unpaired) electrons. The fourth-order valence-corrected chi connectivity index (χ4v) is 2.53. The van der Waals surface area contributed by atoms with Gasteiger partial charge >= 0.3 is 0 Å². The van der Waals surface area contributed by atoms with Crippen molar-refractivity contribution in [1.82, 2.24) is 10.2 Å². The lowest BCUT2D eigenvalue weighted by Gasteiger charge is -2.23. The van der Waals surface area contributed by atoms with E-state index in [1.54, 1.807) is 0 Å². The molecule has 3 heteroatoms. The molecule has 1 N–H and O–H groups in total. The number of rotatable bonds is 4. The predicted molar refractivity (Wildman–Crippen MR) is 58.3 cm³/mol. The van der Waals surface area contributed by atoms with Crippen LogP contribution in [0.5, 0.6) is 0 Å². The lowest BCUT2D eigenvalue weighted by Crippen LogP contribution is -2.47. The molecule has 0 amide bonds. The van der Waals surface area contributed by atoms with Crippen molar-refractivity contribution < 1.29 is 0 Å². The zero-order valence-electron chi connectivity index (χ0n) is 9.21. The molecule has 1 atom stereocenters. The summed E-state index contributed by atoms with van der Waals surface area (Å²) in [5, 5.41) is 12.8. The Morgan fingerprint density at radius 3 is 2.73 bits per heavy atom. The molecule has 1 saturated heterocycles. The van der Waals surface area contributed by atoms with E-state index in [9.17, 15) is 5.26 Å². The molecular formula is C12H19N3. The molecule has 82 valence electrons. The molecule has 15 heavy (non-hydrogen) atoms. The highest BCUT2D eigenvalue weighted by Crippen LogP contribution is 2.34. The number of nitrogens with one attached hydrogen (secondary N) is 1. The standard InChI is InChI=1S/C12H19N3/c13-8-12(14-7-10-1-2-10)5-6-15(9-12)11-3-4-11/h10-11,14H,1-7,9H2. The summed E-state index contributed by atoms with van der Waals surface area (Å²) >= 11 is 0. The Kier molecular flexibility index (Phi) is 2.22. The molecule has 3 fully saturated rings. The second kappa shape index (κ2) is 3.47. The number of hydrogen-bond donors (Lipinski definition) is 1. The van der Waals surface area contributed by atoms with Crippen molar-refractivity contribution in [3.05, 3.63) is 0 Å². The normalized spacial score (nSPS) is 36.7.